The van der Waals surface area contributed by atoms with E-state index in [4.69, 9.17) is 11.6 Å². The number of benzene rings is 1. The summed E-state index contributed by atoms with van der Waals surface area (Å²) in [5, 5.41) is 12.9. The lowest BCUT2D eigenvalue weighted by molar-refractivity contribution is 0.364. The Bertz CT molecular complexity index is 661. The van der Waals surface area contributed by atoms with Gasteiger partial charge in [0.15, 0.2) is 0 Å². The van der Waals surface area contributed by atoms with E-state index in [0.29, 0.717) is 12.1 Å². The standard InChI is InChI=1S/C18H26ClN5/c1-13(2)24-12-20-22-18(24)14(3)21-15-8-10-23(11-9-15)17-7-5-4-6-16(17)19/h4-7,12-15,21H,8-11H2,1-3H3. The highest BCUT2D eigenvalue weighted by Crippen LogP contribution is 2.28. The highest BCUT2D eigenvalue weighted by molar-refractivity contribution is 6.33. The molecule has 1 saturated heterocycles. The van der Waals surface area contributed by atoms with Crippen molar-refractivity contribution < 1.29 is 0 Å². The molecular weight excluding hydrogens is 322 g/mol. The van der Waals surface area contributed by atoms with Crippen molar-refractivity contribution >= 4 is 17.3 Å². The Morgan fingerprint density at radius 1 is 1.17 bits per heavy atom. The van der Waals surface area contributed by atoms with Crippen molar-refractivity contribution in [1.29, 1.82) is 0 Å². The smallest absolute Gasteiger partial charge is 0.149 e. The van der Waals surface area contributed by atoms with Crippen LogP contribution in [0.2, 0.25) is 5.02 Å². The van der Waals surface area contributed by atoms with Crippen LogP contribution < -0.4 is 10.2 Å². The average Bonchev–Trinajstić information content (AvgIpc) is 3.06. The molecule has 1 atom stereocenters. The largest absolute Gasteiger partial charge is 0.370 e. The lowest BCUT2D eigenvalue weighted by Gasteiger charge is -2.35. The first-order valence-corrected chi connectivity index (χ1v) is 9.09. The van der Waals surface area contributed by atoms with E-state index in [0.717, 1.165) is 42.5 Å². The summed E-state index contributed by atoms with van der Waals surface area (Å²) in [6.07, 6.45) is 4.02. The summed E-state index contributed by atoms with van der Waals surface area (Å²) >= 11 is 6.32. The highest BCUT2D eigenvalue weighted by atomic mass is 35.5. The maximum atomic E-state index is 6.32. The molecule has 0 bridgehead atoms. The van der Waals surface area contributed by atoms with Crippen molar-refractivity contribution in [2.75, 3.05) is 18.0 Å². The molecule has 130 valence electrons. The van der Waals surface area contributed by atoms with Crippen LogP contribution >= 0.6 is 11.6 Å². The Morgan fingerprint density at radius 2 is 1.88 bits per heavy atom. The first-order chi connectivity index (χ1) is 11.6. The number of piperidine rings is 1. The molecule has 1 fully saturated rings. The Labute approximate surface area is 149 Å². The molecule has 0 radical (unpaired) electrons. The number of anilines is 1. The van der Waals surface area contributed by atoms with Crippen LogP contribution in [0.25, 0.3) is 0 Å². The van der Waals surface area contributed by atoms with E-state index >= 15 is 0 Å². The SMILES string of the molecule is CC(NC1CCN(c2ccccc2Cl)CC1)c1nncn1C(C)C. The molecule has 2 aromatic rings. The van der Waals surface area contributed by atoms with E-state index < -0.39 is 0 Å². The average molecular weight is 348 g/mol. The number of para-hydroxylation sites is 1. The van der Waals surface area contributed by atoms with Gasteiger partial charge in [0.1, 0.15) is 12.2 Å². The number of hydrogen-bond acceptors (Lipinski definition) is 4. The highest BCUT2D eigenvalue weighted by Gasteiger charge is 2.24. The summed E-state index contributed by atoms with van der Waals surface area (Å²) < 4.78 is 2.14. The van der Waals surface area contributed by atoms with E-state index in [-0.39, 0.29) is 6.04 Å². The quantitative estimate of drug-likeness (QED) is 0.892. The molecule has 0 saturated carbocycles. The van der Waals surface area contributed by atoms with Crippen LogP contribution in [-0.4, -0.2) is 33.9 Å². The summed E-state index contributed by atoms with van der Waals surface area (Å²) in [4.78, 5) is 2.38. The molecule has 1 aliphatic rings. The lowest BCUT2D eigenvalue weighted by Crippen LogP contribution is -2.43. The third kappa shape index (κ3) is 3.73. The molecule has 5 nitrogen and oxygen atoms in total. The van der Waals surface area contributed by atoms with E-state index in [9.17, 15) is 0 Å². The normalized spacial score (nSPS) is 17.5. The number of rotatable bonds is 5. The van der Waals surface area contributed by atoms with Gasteiger partial charge in [-0.15, -0.1) is 10.2 Å². The molecule has 0 aliphatic carbocycles. The van der Waals surface area contributed by atoms with Crippen molar-refractivity contribution in [2.24, 2.45) is 0 Å². The van der Waals surface area contributed by atoms with Gasteiger partial charge in [-0.25, -0.2) is 0 Å². The minimum absolute atomic E-state index is 0.201. The molecule has 0 amide bonds. The van der Waals surface area contributed by atoms with Crippen LogP contribution in [0, 0.1) is 0 Å². The molecule has 2 heterocycles. The fourth-order valence-electron chi connectivity index (χ4n) is 3.38. The molecule has 1 aliphatic heterocycles. The van der Waals surface area contributed by atoms with Crippen molar-refractivity contribution in [2.45, 2.75) is 51.7 Å². The zero-order chi connectivity index (χ0) is 17.1. The van der Waals surface area contributed by atoms with Crippen LogP contribution in [0.1, 0.15) is 51.5 Å². The predicted octanol–water partition coefficient (Wildman–Crippen LogP) is 3.83. The van der Waals surface area contributed by atoms with Gasteiger partial charge in [0.05, 0.1) is 16.8 Å². The number of nitrogens with zero attached hydrogens (tertiary/aromatic N) is 4. The minimum atomic E-state index is 0.201. The van der Waals surface area contributed by atoms with Crippen molar-refractivity contribution in [3.05, 3.63) is 41.4 Å². The van der Waals surface area contributed by atoms with Gasteiger partial charge in [0.25, 0.3) is 0 Å². The predicted molar refractivity (Wildman–Crippen MR) is 98.6 cm³/mol. The van der Waals surface area contributed by atoms with Gasteiger partial charge in [-0.05, 0) is 45.7 Å². The van der Waals surface area contributed by atoms with Gasteiger partial charge in [0, 0.05) is 25.2 Å². The lowest BCUT2D eigenvalue weighted by atomic mass is 10.0. The molecule has 6 heteroatoms. The van der Waals surface area contributed by atoms with E-state index in [1.54, 1.807) is 0 Å². The molecular formula is C18H26ClN5. The van der Waals surface area contributed by atoms with Gasteiger partial charge < -0.3 is 14.8 Å². The maximum Gasteiger partial charge on any atom is 0.149 e. The van der Waals surface area contributed by atoms with Gasteiger partial charge in [-0.2, -0.15) is 0 Å². The number of aromatic nitrogens is 3. The summed E-state index contributed by atoms with van der Waals surface area (Å²) in [7, 11) is 0. The van der Waals surface area contributed by atoms with Gasteiger partial charge >= 0.3 is 0 Å². The second-order valence-electron chi connectivity index (χ2n) is 6.79. The molecule has 1 N–H and O–H groups in total. The number of halogens is 1. The summed E-state index contributed by atoms with van der Waals surface area (Å²) in [5.41, 5.74) is 1.14. The van der Waals surface area contributed by atoms with Crippen LogP contribution in [-0.2, 0) is 0 Å². The van der Waals surface area contributed by atoms with E-state index in [1.165, 1.54) is 0 Å². The molecule has 1 aromatic heterocycles. The third-order valence-electron chi connectivity index (χ3n) is 4.72. The molecule has 1 unspecified atom stereocenters. The Morgan fingerprint density at radius 3 is 2.54 bits per heavy atom. The van der Waals surface area contributed by atoms with E-state index in [1.807, 2.05) is 24.5 Å². The first-order valence-electron chi connectivity index (χ1n) is 8.71. The monoisotopic (exact) mass is 347 g/mol. The van der Waals surface area contributed by atoms with Crippen LogP contribution in [0.4, 0.5) is 5.69 Å². The topological polar surface area (TPSA) is 46.0 Å². The summed E-state index contributed by atoms with van der Waals surface area (Å²) in [6.45, 7) is 8.52. The Kier molecular flexibility index (Phi) is 5.41. The minimum Gasteiger partial charge on any atom is -0.370 e. The van der Waals surface area contributed by atoms with Gasteiger partial charge in [-0.1, -0.05) is 23.7 Å². The van der Waals surface area contributed by atoms with Crippen molar-refractivity contribution in [3.8, 4) is 0 Å². The number of nitrogens with one attached hydrogen (secondary N) is 1. The molecule has 0 spiro atoms. The first kappa shape index (κ1) is 17.2. The van der Waals surface area contributed by atoms with Crippen LogP contribution in [0.3, 0.4) is 0 Å². The Balaban J connectivity index is 1.57. The van der Waals surface area contributed by atoms with Crippen LogP contribution in [0.5, 0.6) is 0 Å². The maximum absolute atomic E-state index is 6.32. The van der Waals surface area contributed by atoms with Gasteiger partial charge in [-0.3, -0.25) is 0 Å². The summed E-state index contributed by atoms with van der Waals surface area (Å²) in [6, 6.07) is 9.16. The van der Waals surface area contributed by atoms with E-state index in [2.05, 4.69) is 51.8 Å². The molecule has 3 rings (SSSR count). The zero-order valence-corrected chi connectivity index (χ0v) is 15.4. The fraction of sp³-hybridized carbons (Fsp3) is 0.556. The van der Waals surface area contributed by atoms with Gasteiger partial charge in [0.2, 0.25) is 0 Å². The third-order valence-corrected chi connectivity index (χ3v) is 5.04. The van der Waals surface area contributed by atoms with Crippen molar-refractivity contribution in [3.63, 3.8) is 0 Å². The molecule has 1 aromatic carbocycles. The second kappa shape index (κ2) is 7.53. The number of hydrogen-bond donors (Lipinski definition) is 1. The zero-order valence-electron chi connectivity index (χ0n) is 14.6. The molecule has 24 heavy (non-hydrogen) atoms. The fourth-order valence-corrected chi connectivity index (χ4v) is 3.64. The second-order valence-corrected chi connectivity index (χ2v) is 7.20. The summed E-state index contributed by atoms with van der Waals surface area (Å²) in [5.74, 6) is 1.01. The Hall–Kier alpha value is -1.59. The van der Waals surface area contributed by atoms with Crippen LogP contribution in [0.15, 0.2) is 30.6 Å². The van der Waals surface area contributed by atoms with Crippen molar-refractivity contribution in [1.82, 2.24) is 20.1 Å².